The van der Waals surface area contributed by atoms with Gasteiger partial charge in [-0.3, -0.25) is 4.79 Å². The van der Waals surface area contributed by atoms with Crippen molar-refractivity contribution < 1.29 is 0 Å². The van der Waals surface area contributed by atoms with Gasteiger partial charge in [-0.25, -0.2) is 4.98 Å². The van der Waals surface area contributed by atoms with Crippen molar-refractivity contribution in [2.75, 3.05) is 12.4 Å². The Kier molecular flexibility index (Phi) is 2.47. The Balaban J connectivity index is 3.11. The number of anilines is 1. The lowest BCUT2D eigenvalue weighted by Gasteiger charge is -2.04. The minimum Gasteiger partial charge on any atom is -0.382 e. The molecule has 1 aromatic heterocycles. The van der Waals surface area contributed by atoms with Crippen molar-refractivity contribution in [3.8, 4) is 0 Å². The molecular weight excluding hydrogens is 154 g/mol. The predicted molar refractivity (Wildman–Crippen MR) is 48.5 cm³/mol. The maximum atomic E-state index is 11.2. The Bertz CT molecular complexity index is 316. The molecular formula is C8H13N3O. The number of aromatic nitrogens is 2. The average molecular weight is 167 g/mol. The van der Waals surface area contributed by atoms with Crippen molar-refractivity contribution in [2.24, 2.45) is 0 Å². The lowest BCUT2D eigenvalue weighted by atomic mass is 10.2. The van der Waals surface area contributed by atoms with E-state index in [1.807, 2.05) is 13.8 Å². The molecule has 0 atom stereocenters. The van der Waals surface area contributed by atoms with Gasteiger partial charge in [-0.1, -0.05) is 13.8 Å². The second-order valence-electron chi connectivity index (χ2n) is 2.92. The molecule has 0 saturated heterocycles. The molecule has 0 aliphatic carbocycles. The van der Waals surface area contributed by atoms with E-state index in [9.17, 15) is 4.79 Å². The van der Waals surface area contributed by atoms with E-state index in [1.165, 1.54) is 0 Å². The van der Waals surface area contributed by atoms with Crippen LogP contribution in [0, 0.1) is 0 Å². The van der Waals surface area contributed by atoms with Crippen LogP contribution in [-0.2, 0) is 0 Å². The number of hydrogen-bond acceptors (Lipinski definition) is 3. The number of aromatic amines is 1. The Labute approximate surface area is 71.0 Å². The number of nitrogens with one attached hydrogen (secondary N) is 2. The molecule has 0 unspecified atom stereocenters. The minimum atomic E-state index is -0.115. The molecule has 0 saturated carbocycles. The molecule has 2 N–H and O–H groups in total. The summed E-state index contributed by atoms with van der Waals surface area (Å²) >= 11 is 0. The van der Waals surface area contributed by atoms with E-state index in [0.717, 1.165) is 5.82 Å². The predicted octanol–water partition coefficient (Wildman–Crippen LogP) is 0.935. The third-order valence-corrected chi connectivity index (χ3v) is 1.64. The van der Waals surface area contributed by atoms with Crippen molar-refractivity contribution in [1.82, 2.24) is 9.97 Å². The number of H-pyrrole nitrogens is 1. The summed E-state index contributed by atoms with van der Waals surface area (Å²) in [5, 5.41) is 2.76. The van der Waals surface area contributed by atoms with Gasteiger partial charge in [0.25, 0.3) is 5.56 Å². The van der Waals surface area contributed by atoms with Crippen LogP contribution < -0.4 is 10.9 Å². The molecule has 4 nitrogen and oxygen atoms in total. The summed E-state index contributed by atoms with van der Waals surface area (Å²) in [7, 11) is 1.70. The summed E-state index contributed by atoms with van der Waals surface area (Å²) in [4.78, 5) is 18.0. The summed E-state index contributed by atoms with van der Waals surface area (Å²) in [6, 6.07) is 0. The zero-order valence-electron chi connectivity index (χ0n) is 7.51. The van der Waals surface area contributed by atoms with Crippen LogP contribution in [0.4, 0.5) is 5.69 Å². The molecule has 0 amide bonds. The number of nitrogens with zero attached hydrogens (tertiary/aromatic N) is 1. The van der Waals surface area contributed by atoms with Crippen molar-refractivity contribution in [1.29, 1.82) is 0 Å². The fraction of sp³-hybridized carbons (Fsp3) is 0.500. The molecule has 0 aromatic carbocycles. The van der Waals surface area contributed by atoms with Crippen LogP contribution in [0.15, 0.2) is 11.0 Å². The van der Waals surface area contributed by atoms with Crippen LogP contribution in [0.1, 0.15) is 25.6 Å². The van der Waals surface area contributed by atoms with Gasteiger partial charge in [0.2, 0.25) is 0 Å². The highest BCUT2D eigenvalue weighted by Gasteiger charge is 2.03. The van der Waals surface area contributed by atoms with Gasteiger partial charge in [0, 0.05) is 13.0 Å². The molecule has 0 aliphatic heterocycles. The first-order valence-electron chi connectivity index (χ1n) is 3.92. The van der Waals surface area contributed by atoms with Gasteiger partial charge in [-0.2, -0.15) is 0 Å². The average Bonchev–Trinajstić information content (AvgIpc) is 2.04. The van der Waals surface area contributed by atoms with E-state index in [0.29, 0.717) is 5.69 Å². The topological polar surface area (TPSA) is 57.8 Å². The van der Waals surface area contributed by atoms with Crippen LogP contribution >= 0.6 is 0 Å². The maximum Gasteiger partial charge on any atom is 0.274 e. The first-order chi connectivity index (χ1) is 5.65. The summed E-state index contributed by atoms with van der Waals surface area (Å²) in [6.45, 7) is 3.97. The number of rotatable bonds is 2. The molecule has 0 bridgehead atoms. The fourth-order valence-corrected chi connectivity index (χ4v) is 0.880. The first-order valence-corrected chi connectivity index (χ1v) is 3.92. The van der Waals surface area contributed by atoms with Crippen LogP contribution in [-0.4, -0.2) is 17.0 Å². The highest BCUT2D eigenvalue weighted by Crippen LogP contribution is 2.06. The second-order valence-corrected chi connectivity index (χ2v) is 2.92. The van der Waals surface area contributed by atoms with E-state index in [4.69, 9.17) is 0 Å². The SMILES string of the molecule is CNc1cnc(C(C)C)[nH]c1=O. The van der Waals surface area contributed by atoms with Gasteiger partial charge >= 0.3 is 0 Å². The summed E-state index contributed by atoms with van der Waals surface area (Å²) in [5.74, 6) is 0.975. The molecule has 0 radical (unpaired) electrons. The monoisotopic (exact) mass is 167 g/mol. The molecule has 1 heterocycles. The van der Waals surface area contributed by atoms with Gasteiger partial charge in [-0.15, -0.1) is 0 Å². The van der Waals surface area contributed by atoms with Crippen molar-refractivity contribution in [2.45, 2.75) is 19.8 Å². The zero-order chi connectivity index (χ0) is 9.14. The summed E-state index contributed by atoms with van der Waals surface area (Å²) < 4.78 is 0. The molecule has 1 aromatic rings. The summed E-state index contributed by atoms with van der Waals surface area (Å²) in [5.41, 5.74) is 0.385. The van der Waals surface area contributed by atoms with Crippen LogP contribution in [0.5, 0.6) is 0 Å². The van der Waals surface area contributed by atoms with Crippen molar-refractivity contribution >= 4 is 5.69 Å². The van der Waals surface area contributed by atoms with E-state index in [2.05, 4.69) is 15.3 Å². The van der Waals surface area contributed by atoms with E-state index in [1.54, 1.807) is 13.2 Å². The number of hydrogen-bond donors (Lipinski definition) is 2. The standard InChI is InChI=1S/C8H13N3O/c1-5(2)7-10-4-6(9-3)8(12)11-7/h4-5,9H,1-3H3,(H,10,11,12). The van der Waals surface area contributed by atoms with E-state index < -0.39 is 0 Å². The zero-order valence-corrected chi connectivity index (χ0v) is 7.51. The smallest absolute Gasteiger partial charge is 0.274 e. The van der Waals surface area contributed by atoms with Crippen LogP contribution in [0.3, 0.4) is 0 Å². The second kappa shape index (κ2) is 3.38. The summed E-state index contributed by atoms with van der Waals surface area (Å²) in [6.07, 6.45) is 1.55. The molecule has 0 fully saturated rings. The molecule has 4 heteroatoms. The Morgan fingerprint density at radius 1 is 1.58 bits per heavy atom. The van der Waals surface area contributed by atoms with Gasteiger partial charge in [0.15, 0.2) is 0 Å². The molecule has 1 rings (SSSR count). The minimum absolute atomic E-state index is 0.115. The van der Waals surface area contributed by atoms with Crippen molar-refractivity contribution in [3.63, 3.8) is 0 Å². The lowest BCUT2D eigenvalue weighted by Crippen LogP contribution is -2.15. The molecule has 12 heavy (non-hydrogen) atoms. The first kappa shape index (κ1) is 8.77. The lowest BCUT2D eigenvalue weighted by molar-refractivity contribution is 0.767. The Morgan fingerprint density at radius 3 is 2.67 bits per heavy atom. The van der Waals surface area contributed by atoms with Gasteiger partial charge in [0.05, 0.1) is 6.20 Å². The Hall–Kier alpha value is -1.32. The highest BCUT2D eigenvalue weighted by atomic mass is 16.1. The molecule has 0 aliphatic rings. The van der Waals surface area contributed by atoms with Crippen LogP contribution in [0.25, 0.3) is 0 Å². The van der Waals surface area contributed by atoms with Gasteiger partial charge in [-0.05, 0) is 0 Å². The van der Waals surface area contributed by atoms with Crippen molar-refractivity contribution in [3.05, 3.63) is 22.4 Å². The van der Waals surface area contributed by atoms with Crippen LogP contribution in [0.2, 0.25) is 0 Å². The normalized spacial score (nSPS) is 10.3. The van der Waals surface area contributed by atoms with Gasteiger partial charge < -0.3 is 10.3 Å². The molecule has 0 spiro atoms. The van der Waals surface area contributed by atoms with Gasteiger partial charge in [0.1, 0.15) is 11.5 Å². The maximum absolute atomic E-state index is 11.2. The third-order valence-electron chi connectivity index (χ3n) is 1.64. The fourth-order valence-electron chi connectivity index (χ4n) is 0.880. The quantitative estimate of drug-likeness (QED) is 0.689. The largest absolute Gasteiger partial charge is 0.382 e. The highest BCUT2D eigenvalue weighted by molar-refractivity contribution is 5.36. The van der Waals surface area contributed by atoms with E-state index in [-0.39, 0.29) is 11.5 Å². The molecule has 66 valence electrons. The Morgan fingerprint density at radius 2 is 2.25 bits per heavy atom. The van der Waals surface area contributed by atoms with E-state index >= 15 is 0 Å². The third kappa shape index (κ3) is 1.64.